The van der Waals surface area contributed by atoms with Crippen LogP contribution in [0.15, 0.2) is 41.7 Å². The fourth-order valence-corrected chi connectivity index (χ4v) is 3.39. The molecule has 0 bridgehead atoms. The van der Waals surface area contributed by atoms with E-state index >= 15 is 0 Å². The third-order valence-corrected chi connectivity index (χ3v) is 4.57. The van der Waals surface area contributed by atoms with Crippen molar-refractivity contribution >= 4 is 17.3 Å². The molecular formula is C18H26N4OS. The first-order valence-corrected chi connectivity index (χ1v) is 9.08. The topological polar surface area (TPSA) is 69.5 Å². The van der Waals surface area contributed by atoms with Gasteiger partial charge in [0.15, 0.2) is 5.96 Å². The van der Waals surface area contributed by atoms with E-state index in [2.05, 4.69) is 46.6 Å². The summed E-state index contributed by atoms with van der Waals surface area (Å²) in [6, 6.07) is 8.20. The van der Waals surface area contributed by atoms with Crippen LogP contribution in [0.4, 0.5) is 0 Å². The van der Waals surface area contributed by atoms with Gasteiger partial charge in [0.05, 0.1) is 12.6 Å². The molecule has 2 rings (SSSR count). The summed E-state index contributed by atoms with van der Waals surface area (Å²) in [5.41, 5.74) is 0.826. The second kappa shape index (κ2) is 9.39. The molecule has 2 aromatic rings. The molecule has 0 radical (unpaired) electrons. The van der Waals surface area contributed by atoms with Crippen LogP contribution in [-0.4, -0.2) is 35.2 Å². The van der Waals surface area contributed by atoms with Gasteiger partial charge in [0.1, 0.15) is 0 Å². The maximum Gasteiger partial charge on any atom is 0.191 e. The third kappa shape index (κ3) is 5.94. The molecule has 2 atom stereocenters. The van der Waals surface area contributed by atoms with Crippen LogP contribution in [0.25, 0.3) is 0 Å². The first-order chi connectivity index (χ1) is 11.6. The summed E-state index contributed by atoms with van der Waals surface area (Å²) in [4.78, 5) is 11.2. The number of hydrogen-bond donors (Lipinski definition) is 3. The van der Waals surface area contributed by atoms with Crippen molar-refractivity contribution in [2.45, 2.75) is 39.3 Å². The van der Waals surface area contributed by atoms with Gasteiger partial charge in [0, 0.05) is 41.2 Å². The molecule has 2 aromatic heterocycles. The zero-order chi connectivity index (χ0) is 17.4. The molecule has 130 valence electrons. The van der Waals surface area contributed by atoms with E-state index < -0.39 is 6.10 Å². The highest BCUT2D eigenvalue weighted by atomic mass is 32.1. The minimum Gasteiger partial charge on any atom is -0.386 e. The normalized spacial score (nSPS) is 14.2. The molecule has 0 saturated heterocycles. The van der Waals surface area contributed by atoms with Gasteiger partial charge in [0.2, 0.25) is 0 Å². The van der Waals surface area contributed by atoms with Crippen molar-refractivity contribution < 1.29 is 5.11 Å². The summed E-state index contributed by atoms with van der Waals surface area (Å²) < 4.78 is 0. The molecule has 5 nitrogen and oxygen atoms in total. The van der Waals surface area contributed by atoms with Crippen molar-refractivity contribution in [2.75, 3.05) is 13.1 Å². The lowest BCUT2D eigenvalue weighted by atomic mass is 10.1. The Labute approximate surface area is 147 Å². The van der Waals surface area contributed by atoms with E-state index in [1.54, 1.807) is 12.4 Å². The van der Waals surface area contributed by atoms with Gasteiger partial charge in [-0.1, -0.05) is 0 Å². The van der Waals surface area contributed by atoms with Crippen molar-refractivity contribution in [2.24, 2.45) is 4.99 Å². The predicted octanol–water partition coefficient (Wildman–Crippen LogP) is 2.67. The Morgan fingerprint density at radius 3 is 2.67 bits per heavy atom. The molecule has 2 heterocycles. The number of aromatic nitrogens is 1. The number of thiophene rings is 1. The fourth-order valence-electron chi connectivity index (χ4n) is 2.37. The molecule has 0 aromatic carbocycles. The molecule has 0 amide bonds. The van der Waals surface area contributed by atoms with Crippen molar-refractivity contribution in [1.82, 2.24) is 15.6 Å². The summed E-state index contributed by atoms with van der Waals surface area (Å²) in [5.74, 6) is 0.728. The van der Waals surface area contributed by atoms with Crippen molar-refractivity contribution in [3.8, 4) is 0 Å². The van der Waals surface area contributed by atoms with Crippen molar-refractivity contribution in [1.29, 1.82) is 0 Å². The molecule has 0 saturated carbocycles. The Kier molecular flexibility index (Phi) is 7.21. The standard InChI is InChI=1S/C18H26N4OS/c1-4-20-18(21-12-17(23)15-7-9-19-10-8-15)22-13(2)11-16-6-5-14(3)24-16/h5-10,13,17,23H,4,11-12H2,1-3H3,(H2,20,21,22). The molecule has 3 N–H and O–H groups in total. The Balaban J connectivity index is 1.92. The number of aryl methyl sites for hydroxylation is 1. The van der Waals surface area contributed by atoms with E-state index in [4.69, 9.17) is 0 Å². The number of hydrogen-bond acceptors (Lipinski definition) is 4. The molecule has 2 unspecified atom stereocenters. The quantitative estimate of drug-likeness (QED) is 0.532. The summed E-state index contributed by atoms with van der Waals surface area (Å²) >= 11 is 1.83. The van der Waals surface area contributed by atoms with Crippen LogP contribution in [0.5, 0.6) is 0 Å². The van der Waals surface area contributed by atoms with Crippen molar-refractivity contribution in [3.63, 3.8) is 0 Å². The average Bonchev–Trinajstić information content (AvgIpc) is 2.98. The second-order valence-corrected chi connectivity index (χ2v) is 7.15. The van der Waals surface area contributed by atoms with Gasteiger partial charge in [0.25, 0.3) is 0 Å². The van der Waals surface area contributed by atoms with E-state index in [1.165, 1.54) is 9.75 Å². The van der Waals surface area contributed by atoms with Crippen LogP contribution < -0.4 is 10.6 Å². The van der Waals surface area contributed by atoms with Crippen LogP contribution in [0.3, 0.4) is 0 Å². The smallest absolute Gasteiger partial charge is 0.191 e. The zero-order valence-electron chi connectivity index (χ0n) is 14.5. The third-order valence-electron chi connectivity index (χ3n) is 3.54. The molecular weight excluding hydrogens is 320 g/mol. The minimum absolute atomic E-state index is 0.263. The van der Waals surface area contributed by atoms with Crippen LogP contribution >= 0.6 is 11.3 Å². The Hall–Kier alpha value is -1.92. The maximum absolute atomic E-state index is 10.2. The summed E-state index contributed by atoms with van der Waals surface area (Å²) in [5, 5.41) is 16.9. The van der Waals surface area contributed by atoms with E-state index in [1.807, 2.05) is 30.4 Å². The number of aliphatic imine (C=N–C) groups is 1. The van der Waals surface area contributed by atoms with Gasteiger partial charge in [-0.2, -0.15) is 0 Å². The number of aliphatic hydroxyl groups excluding tert-OH is 1. The summed E-state index contributed by atoms with van der Waals surface area (Å²) in [6.45, 7) is 7.38. The number of rotatable bonds is 7. The average molecular weight is 347 g/mol. The minimum atomic E-state index is -0.626. The van der Waals surface area contributed by atoms with Gasteiger partial charge in [-0.3, -0.25) is 9.98 Å². The lowest BCUT2D eigenvalue weighted by Crippen LogP contribution is -2.43. The second-order valence-electron chi connectivity index (χ2n) is 5.78. The first-order valence-electron chi connectivity index (χ1n) is 8.26. The molecule has 0 aliphatic heterocycles. The molecule has 0 spiro atoms. The lowest BCUT2D eigenvalue weighted by Gasteiger charge is -2.18. The summed E-state index contributed by atoms with van der Waals surface area (Å²) in [7, 11) is 0. The lowest BCUT2D eigenvalue weighted by molar-refractivity contribution is 0.187. The van der Waals surface area contributed by atoms with Gasteiger partial charge in [-0.15, -0.1) is 11.3 Å². The molecule has 0 aliphatic carbocycles. The number of nitrogens with one attached hydrogen (secondary N) is 2. The zero-order valence-corrected chi connectivity index (χ0v) is 15.3. The number of guanidine groups is 1. The predicted molar refractivity (Wildman–Crippen MR) is 101 cm³/mol. The van der Waals surface area contributed by atoms with Crippen LogP contribution in [0.2, 0.25) is 0 Å². The highest BCUT2D eigenvalue weighted by molar-refractivity contribution is 7.11. The molecule has 24 heavy (non-hydrogen) atoms. The largest absolute Gasteiger partial charge is 0.386 e. The van der Waals surface area contributed by atoms with Gasteiger partial charge in [-0.25, -0.2) is 0 Å². The van der Waals surface area contributed by atoms with Crippen LogP contribution in [-0.2, 0) is 6.42 Å². The SMILES string of the molecule is CCNC(=NCC(O)c1ccncc1)NC(C)Cc1ccc(C)s1. The van der Waals surface area contributed by atoms with Crippen molar-refractivity contribution in [3.05, 3.63) is 52.0 Å². The monoisotopic (exact) mass is 346 g/mol. The Bertz CT molecular complexity index is 641. The Morgan fingerprint density at radius 1 is 1.29 bits per heavy atom. The number of aliphatic hydroxyl groups is 1. The molecule has 0 fully saturated rings. The van der Waals surface area contributed by atoms with Gasteiger partial charge < -0.3 is 15.7 Å². The fraction of sp³-hybridized carbons (Fsp3) is 0.444. The van der Waals surface area contributed by atoms with E-state index in [9.17, 15) is 5.11 Å². The first kappa shape index (κ1) is 18.4. The Morgan fingerprint density at radius 2 is 2.04 bits per heavy atom. The molecule has 0 aliphatic rings. The van der Waals surface area contributed by atoms with E-state index in [0.717, 1.165) is 24.5 Å². The highest BCUT2D eigenvalue weighted by Gasteiger charge is 2.10. The maximum atomic E-state index is 10.2. The highest BCUT2D eigenvalue weighted by Crippen LogP contribution is 2.16. The van der Waals surface area contributed by atoms with Crippen LogP contribution in [0.1, 0.15) is 35.3 Å². The van der Waals surface area contributed by atoms with Gasteiger partial charge in [-0.05, 0) is 50.6 Å². The van der Waals surface area contributed by atoms with E-state index in [0.29, 0.717) is 6.54 Å². The van der Waals surface area contributed by atoms with Gasteiger partial charge >= 0.3 is 0 Å². The van der Waals surface area contributed by atoms with E-state index in [-0.39, 0.29) is 6.04 Å². The molecule has 6 heteroatoms. The number of pyridine rings is 1. The number of nitrogens with zero attached hydrogens (tertiary/aromatic N) is 2. The van der Waals surface area contributed by atoms with Crippen LogP contribution in [0, 0.1) is 6.92 Å². The summed E-state index contributed by atoms with van der Waals surface area (Å²) in [6.07, 6.45) is 3.68.